The molecule has 0 spiro atoms. The van der Waals surface area contributed by atoms with E-state index >= 15 is 0 Å². The first-order valence-corrected chi connectivity index (χ1v) is 34.6. The summed E-state index contributed by atoms with van der Waals surface area (Å²) < 4.78 is 16.9. The maximum atomic E-state index is 12.9. The van der Waals surface area contributed by atoms with Crippen molar-refractivity contribution in [2.24, 2.45) is 0 Å². The highest BCUT2D eigenvalue weighted by Gasteiger charge is 2.19. The number of hydrogen-bond acceptors (Lipinski definition) is 6. The molecule has 0 heterocycles. The van der Waals surface area contributed by atoms with Gasteiger partial charge >= 0.3 is 17.9 Å². The fraction of sp³-hybridized carbons (Fsp3) is 0.847. The molecule has 0 rings (SSSR count). The van der Waals surface area contributed by atoms with E-state index in [1.54, 1.807) is 0 Å². The Morgan fingerprint density at radius 3 is 0.808 bits per heavy atom. The second kappa shape index (κ2) is 66.9. The monoisotopic (exact) mass is 1090 g/mol. The number of carbonyl (C=O) groups excluding carboxylic acids is 3. The van der Waals surface area contributed by atoms with Gasteiger partial charge in [0.05, 0.1) is 0 Å². The van der Waals surface area contributed by atoms with Crippen LogP contribution in [-0.2, 0) is 28.6 Å². The Hall–Kier alpha value is -2.63. The summed E-state index contributed by atoms with van der Waals surface area (Å²) in [5, 5.41) is 0. The minimum absolute atomic E-state index is 0.0762. The zero-order valence-electron chi connectivity index (χ0n) is 52.5. The molecule has 0 amide bonds. The van der Waals surface area contributed by atoms with Crippen molar-refractivity contribution in [2.75, 3.05) is 13.2 Å². The van der Waals surface area contributed by atoms with Gasteiger partial charge in [-0.25, -0.2) is 0 Å². The van der Waals surface area contributed by atoms with Crippen LogP contribution in [0, 0.1) is 0 Å². The van der Waals surface area contributed by atoms with Gasteiger partial charge in [-0.2, -0.15) is 0 Å². The Morgan fingerprint density at radius 2 is 0.500 bits per heavy atom. The van der Waals surface area contributed by atoms with Crippen LogP contribution in [0.2, 0.25) is 0 Å². The quantitative estimate of drug-likeness (QED) is 0.0261. The smallest absolute Gasteiger partial charge is 0.306 e. The van der Waals surface area contributed by atoms with Crippen molar-refractivity contribution in [3.05, 3.63) is 48.6 Å². The molecule has 6 heteroatoms. The van der Waals surface area contributed by atoms with E-state index in [0.717, 1.165) is 89.9 Å². The van der Waals surface area contributed by atoms with Crippen molar-refractivity contribution in [1.82, 2.24) is 0 Å². The molecule has 0 aromatic rings. The minimum atomic E-state index is -0.781. The van der Waals surface area contributed by atoms with Gasteiger partial charge in [0, 0.05) is 19.3 Å². The van der Waals surface area contributed by atoms with Gasteiger partial charge < -0.3 is 14.2 Å². The van der Waals surface area contributed by atoms with E-state index < -0.39 is 6.10 Å². The molecule has 1 atom stereocenters. The average molecular weight is 1090 g/mol. The van der Waals surface area contributed by atoms with Gasteiger partial charge in [0.1, 0.15) is 13.2 Å². The van der Waals surface area contributed by atoms with Crippen molar-refractivity contribution in [1.29, 1.82) is 0 Å². The number of rotatable bonds is 64. The Labute approximate surface area is 486 Å². The molecule has 0 aliphatic rings. The lowest BCUT2D eigenvalue weighted by Gasteiger charge is -2.18. The van der Waals surface area contributed by atoms with E-state index in [9.17, 15) is 14.4 Å². The molecule has 78 heavy (non-hydrogen) atoms. The van der Waals surface area contributed by atoms with Gasteiger partial charge in [-0.15, -0.1) is 0 Å². The van der Waals surface area contributed by atoms with Crippen LogP contribution in [0.5, 0.6) is 0 Å². The molecule has 0 radical (unpaired) electrons. The molecule has 0 saturated carbocycles. The van der Waals surface area contributed by atoms with Crippen molar-refractivity contribution in [3.8, 4) is 0 Å². The van der Waals surface area contributed by atoms with Crippen molar-refractivity contribution < 1.29 is 28.6 Å². The summed E-state index contributed by atoms with van der Waals surface area (Å²) in [4.78, 5) is 38.3. The summed E-state index contributed by atoms with van der Waals surface area (Å²) in [7, 11) is 0. The molecule has 0 N–H and O–H groups in total. The summed E-state index contributed by atoms with van der Waals surface area (Å²) in [6, 6.07) is 0. The highest BCUT2D eigenvalue weighted by molar-refractivity contribution is 5.71. The number of allylic oxidation sites excluding steroid dienone is 8. The number of ether oxygens (including phenoxy) is 3. The topological polar surface area (TPSA) is 78.9 Å². The molecular formula is C72H132O6. The van der Waals surface area contributed by atoms with E-state index in [1.165, 1.54) is 244 Å². The highest BCUT2D eigenvalue weighted by atomic mass is 16.6. The summed E-state index contributed by atoms with van der Waals surface area (Å²) in [6.07, 6.45) is 84.4. The second-order valence-corrected chi connectivity index (χ2v) is 23.4. The number of unbranched alkanes of at least 4 members (excludes halogenated alkanes) is 45. The third-order valence-electron chi connectivity index (χ3n) is 15.6. The van der Waals surface area contributed by atoms with E-state index in [1.807, 2.05) is 0 Å². The standard InChI is InChI=1S/C72H132O6/c1-4-7-10-13-16-19-22-25-27-29-30-31-32-33-34-35-36-37-38-39-40-41-43-44-47-50-53-56-59-62-65-71(74)77-68-69(67-76-70(73)64-61-58-55-52-49-46-24-21-18-15-12-9-6-3)78-72(75)66-63-60-57-54-51-48-45-42-28-26-23-20-17-14-11-8-5-2/h8,11,17,20-21,24,26,28,69H,4-7,9-10,12-16,18-19,22-23,25,27,29-68H2,1-3H3/b11-8-,20-17-,24-21-,28-26-. The molecule has 456 valence electrons. The van der Waals surface area contributed by atoms with Gasteiger partial charge in [0.15, 0.2) is 6.10 Å². The Balaban J connectivity index is 4.16. The normalized spacial score (nSPS) is 12.3. The van der Waals surface area contributed by atoms with Crippen LogP contribution < -0.4 is 0 Å². The zero-order valence-corrected chi connectivity index (χ0v) is 52.5. The lowest BCUT2D eigenvalue weighted by Crippen LogP contribution is -2.30. The molecule has 0 bridgehead atoms. The zero-order chi connectivity index (χ0) is 56.4. The van der Waals surface area contributed by atoms with Crippen LogP contribution in [0.3, 0.4) is 0 Å². The Morgan fingerprint density at radius 1 is 0.269 bits per heavy atom. The highest BCUT2D eigenvalue weighted by Crippen LogP contribution is 2.18. The summed E-state index contributed by atoms with van der Waals surface area (Å²) in [6.45, 7) is 6.56. The van der Waals surface area contributed by atoms with E-state index in [2.05, 4.69) is 69.4 Å². The molecule has 0 aliphatic carbocycles. The predicted molar refractivity (Wildman–Crippen MR) is 339 cm³/mol. The fourth-order valence-electron chi connectivity index (χ4n) is 10.4. The fourth-order valence-corrected chi connectivity index (χ4v) is 10.4. The average Bonchev–Trinajstić information content (AvgIpc) is 3.44. The third-order valence-corrected chi connectivity index (χ3v) is 15.6. The van der Waals surface area contributed by atoms with Gasteiger partial charge in [-0.1, -0.05) is 326 Å². The van der Waals surface area contributed by atoms with Crippen molar-refractivity contribution >= 4 is 17.9 Å². The van der Waals surface area contributed by atoms with E-state index in [-0.39, 0.29) is 31.1 Å². The maximum Gasteiger partial charge on any atom is 0.306 e. The maximum absolute atomic E-state index is 12.9. The van der Waals surface area contributed by atoms with E-state index in [0.29, 0.717) is 19.3 Å². The minimum Gasteiger partial charge on any atom is -0.462 e. The molecule has 1 unspecified atom stereocenters. The van der Waals surface area contributed by atoms with Crippen molar-refractivity contribution in [3.63, 3.8) is 0 Å². The van der Waals surface area contributed by atoms with Gasteiger partial charge in [-0.3, -0.25) is 14.4 Å². The molecule has 6 nitrogen and oxygen atoms in total. The van der Waals surface area contributed by atoms with E-state index in [4.69, 9.17) is 14.2 Å². The van der Waals surface area contributed by atoms with Crippen molar-refractivity contribution in [2.45, 2.75) is 380 Å². The number of esters is 3. The summed E-state index contributed by atoms with van der Waals surface area (Å²) >= 11 is 0. The Bertz CT molecular complexity index is 1350. The van der Waals surface area contributed by atoms with Crippen LogP contribution in [-0.4, -0.2) is 37.2 Å². The molecular weight excluding hydrogens is 961 g/mol. The molecule has 0 fully saturated rings. The van der Waals surface area contributed by atoms with Gasteiger partial charge in [0.25, 0.3) is 0 Å². The molecule has 0 aromatic heterocycles. The first kappa shape index (κ1) is 75.4. The SMILES string of the molecule is CC/C=C\C/C=C\C/C=C\CCCCCCCCCC(=O)OC(COC(=O)CCCCCCC/C=C\CCCCCC)COC(=O)CCCCCCCCCCCCCCCCCCCCCCCCCCCCCCCC. The summed E-state index contributed by atoms with van der Waals surface area (Å²) in [5.41, 5.74) is 0. The molecule has 0 aromatic carbocycles. The van der Waals surface area contributed by atoms with Crippen LogP contribution in [0.15, 0.2) is 48.6 Å². The largest absolute Gasteiger partial charge is 0.462 e. The second-order valence-electron chi connectivity index (χ2n) is 23.4. The Kier molecular flexibility index (Phi) is 64.6. The predicted octanol–water partition coefficient (Wildman–Crippen LogP) is 23.7. The summed E-state index contributed by atoms with van der Waals surface area (Å²) in [5.74, 6) is -0.874. The first-order valence-electron chi connectivity index (χ1n) is 34.6. The first-order chi connectivity index (χ1) is 38.5. The van der Waals surface area contributed by atoms with Gasteiger partial charge in [-0.05, 0) is 77.0 Å². The van der Waals surface area contributed by atoms with Gasteiger partial charge in [0.2, 0.25) is 0 Å². The van der Waals surface area contributed by atoms with Crippen LogP contribution in [0.25, 0.3) is 0 Å². The van der Waals surface area contributed by atoms with Crippen LogP contribution >= 0.6 is 0 Å². The van der Waals surface area contributed by atoms with Crippen LogP contribution in [0.4, 0.5) is 0 Å². The molecule has 0 saturated heterocycles. The third kappa shape index (κ3) is 64.2. The lowest BCUT2D eigenvalue weighted by molar-refractivity contribution is -0.167. The molecule has 0 aliphatic heterocycles. The number of carbonyl (C=O) groups is 3. The lowest BCUT2D eigenvalue weighted by atomic mass is 10.0. The number of hydrogen-bond donors (Lipinski definition) is 0. The van der Waals surface area contributed by atoms with Crippen LogP contribution in [0.1, 0.15) is 374 Å².